The molecule has 22 heavy (non-hydrogen) atoms. The minimum Gasteiger partial charge on any atom is -0.338 e. The van der Waals surface area contributed by atoms with Gasteiger partial charge in [0.2, 0.25) is 5.91 Å². The van der Waals surface area contributed by atoms with E-state index in [-0.39, 0.29) is 0 Å². The summed E-state index contributed by atoms with van der Waals surface area (Å²) < 4.78 is 0. The lowest BCUT2D eigenvalue weighted by Crippen LogP contribution is -2.52. The van der Waals surface area contributed by atoms with Gasteiger partial charge in [0, 0.05) is 62.7 Å². The SMILES string of the molecule is CCN1CCN(CCC(=O)N2CCS[C@H]3CCCC[C@@H]32)CC1. The van der Waals surface area contributed by atoms with Crippen molar-refractivity contribution in [2.45, 2.75) is 50.3 Å². The summed E-state index contributed by atoms with van der Waals surface area (Å²) in [4.78, 5) is 19.9. The van der Waals surface area contributed by atoms with Crippen molar-refractivity contribution in [3.8, 4) is 0 Å². The second-order valence-electron chi connectivity index (χ2n) is 6.87. The van der Waals surface area contributed by atoms with Crippen LogP contribution in [0.5, 0.6) is 0 Å². The van der Waals surface area contributed by atoms with Gasteiger partial charge in [0.05, 0.1) is 0 Å². The van der Waals surface area contributed by atoms with Gasteiger partial charge in [0.25, 0.3) is 0 Å². The van der Waals surface area contributed by atoms with Crippen molar-refractivity contribution in [3.05, 3.63) is 0 Å². The minimum atomic E-state index is 0.412. The third-order valence-electron chi connectivity index (χ3n) is 5.61. The van der Waals surface area contributed by atoms with E-state index in [0.29, 0.717) is 11.9 Å². The zero-order chi connectivity index (χ0) is 15.4. The van der Waals surface area contributed by atoms with Gasteiger partial charge in [-0.25, -0.2) is 0 Å². The molecule has 0 aromatic rings. The van der Waals surface area contributed by atoms with Crippen LogP contribution in [-0.2, 0) is 4.79 Å². The highest BCUT2D eigenvalue weighted by atomic mass is 32.2. The Bertz CT molecular complexity index is 369. The third kappa shape index (κ3) is 3.98. The summed E-state index contributed by atoms with van der Waals surface area (Å²) in [5.74, 6) is 1.55. The number of likely N-dealkylation sites (N-methyl/N-ethyl adjacent to an activating group) is 1. The van der Waals surface area contributed by atoms with Crippen molar-refractivity contribution in [1.82, 2.24) is 14.7 Å². The molecule has 1 amide bonds. The summed E-state index contributed by atoms with van der Waals surface area (Å²) >= 11 is 2.11. The average Bonchev–Trinajstić information content (AvgIpc) is 2.59. The van der Waals surface area contributed by atoms with Crippen LogP contribution in [0.2, 0.25) is 0 Å². The maximum absolute atomic E-state index is 12.7. The normalized spacial score (nSPS) is 31.0. The van der Waals surface area contributed by atoms with Gasteiger partial charge in [-0.15, -0.1) is 0 Å². The molecule has 0 bridgehead atoms. The molecule has 126 valence electrons. The Morgan fingerprint density at radius 2 is 1.77 bits per heavy atom. The zero-order valence-corrected chi connectivity index (χ0v) is 14.8. The van der Waals surface area contributed by atoms with Gasteiger partial charge in [0.15, 0.2) is 0 Å². The summed E-state index contributed by atoms with van der Waals surface area (Å²) in [7, 11) is 0. The average molecular weight is 326 g/mol. The maximum atomic E-state index is 12.7. The number of rotatable bonds is 4. The fourth-order valence-electron chi connectivity index (χ4n) is 4.13. The molecule has 5 heteroatoms. The second-order valence-corrected chi connectivity index (χ2v) is 8.22. The van der Waals surface area contributed by atoms with E-state index in [9.17, 15) is 4.79 Å². The predicted octanol–water partition coefficient (Wildman–Crippen LogP) is 1.90. The van der Waals surface area contributed by atoms with E-state index in [1.165, 1.54) is 25.7 Å². The molecule has 1 aliphatic carbocycles. The summed E-state index contributed by atoms with van der Waals surface area (Å²) in [6.45, 7) is 9.90. The van der Waals surface area contributed by atoms with Crippen molar-refractivity contribution in [2.24, 2.45) is 0 Å². The van der Waals surface area contributed by atoms with Crippen molar-refractivity contribution in [1.29, 1.82) is 0 Å². The first kappa shape index (κ1) is 16.6. The molecule has 1 saturated carbocycles. The van der Waals surface area contributed by atoms with E-state index >= 15 is 0 Å². The summed E-state index contributed by atoms with van der Waals surface area (Å²) in [6, 6.07) is 0.539. The van der Waals surface area contributed by atoms with Crippen LogP contribution in [0.1, 0.15) is 39.0 Å². The Morgan fingerprint density at radius 3 is 2.55 bits per heavy atom. The molecule has 2 saturated heterocycles. The topological polar surface area (TPSA) is 26.8 Å². The molecule has 0 spiro atoms. The summed E-state index contributed by atoms with van der Waals surface area (Å²) in [5.41, 5.74) is 0. The van der Waals surface area contributed by atoms with Crippen molar-refractivity contribution in [3.63, 3.8) is 0 Å². The van der Waals surface area contributed by atoms with Crippen molar-refractivity contribution >= 4 is 17.7 Å². The van der Waals surface area contributed by atoms with Gasteiger partial charge < -0.3 is 14.7 Å². The highest BCUT2D eigenvalue weighted by Gasteiger charge is 2.36. The number of hydrogen-bond donors (Lipinski definition) is 0. The van der Waals surface area contributed by atoms with E-state index in [0.717, 1.165) is 63.2 Å². The van der Waals surface area contributed by atoms with E-state index < -0.39 is 0 Å². The first-order valence-corrected chi connectivity index (χ1v) is 10.2. The number of nitrogens with zero attached hydrogens (tertiary/aromatic N) is 3. The lowest BCUT2D eigenvalue weighted by Gasteiger charge is -2.44. The fourth-order valence-corrected chi connectivity index (χ4v) is 5.58. The van der Waals surface area contributed by atoms with Crippen molar-refractivity contribution < 1.29 is 4.79 Å². The van der Waals surface area contributed by atoms with Crippen LogP contribution in [-0.4, -0.2) is 83.5 Å². The number of carbonyl (C=O) groups is 1. The Hall–Kier alpha value is -0.260. The quantitative estimate of drug-likeness (QED) is 0.789. The van der Waals surface area contributed by atoms with Crippen LogP contribution in [0.4, 0.5) is 0 Å². The van der Waals surface area contributed by atoms with Crippen LogP contribution in [0.15, 0.2) is 0 Å². The predicted molar refractivity (Wildman–Crippen MR) is 93.4 cm³/mol. The molecule has 0 N–H and O–H groups in total. The van der Waals surface area contributed by atoms with Gasteiger partial charge >= 0.3 is 0 Å². The first-order valence-electron chi connectivity index (χ1n) is 9.13. The maximum Gasteiger partial charge on any atom is 0.224 e. The van der Waals surface area contributed by atoms with Crippen LogP contribution in [0.3, 0.4) is 0 Å². The van der Waals surface area contributed by atoms with Gasteiger partial charge in [-0.05, 0) is 19.4 Å². The number of carbonyl (C=O) groups excluding carboxylic acids is 1. The third-order valence-corrected chi connectivity index (χ3v) is 7.00. The van der Waals surface area contributed by atoms with Gasteiger partial charge in [-0.2, -0.15) is 11.8 Å². The lowest BCUT2D eigenvalue weighted by molar-refractivity contribution is -0.134. The standard InChI is InChI=1S/C17H31N3OS/c1-2-18-9-11-19(12-10-18)8-7-17(21)20-13-14-22-16-6-4-3-5-15(16)20/h15-16H,2-14H2,1H3/t15-,16-/m0/s1. The zero-order valence-electron chi connectivity index (χ0n) is 14.0. The molecule has 4 nitrogen and oxygen atoms in total. The molecule has 3 fully saturated rings. The Labute approximate surface area is 139 Å². The number of piperazine rings is 1. The molecule has 0 aromatic heterocycles. The van der Waals surface area contributed by atoms with Crippen LogP contribution >= 0.6 is 11.8 Å². The smallest absolute Gasteiger partial charge is 0.224 e. The highest BCUT2D eigenvalue weighted by molar-refractivity contribution is 8.00. The molecule has 0 aromatic carbocycles. The van der Waals surface area contributed by atoms with Crippen LogP contribution < -0.4 is 0 Å². The number of amides is 1. The molecule has 0 radical (unpaired) electrons. The number of hydrogen-bond acceptors (Lipinski definition) is 4. The summed E-state index contributed by atoms with van der Waals surface area (Å²) in [6.07, 6.45) is 5.94. The van der Waals surface area contributed by atoms with Gasteiger partial charge in [-0.3, -0.25) is 4.79 Å². The van der Waals surface area contributed by atoms with E-state index in [2.05, 4.69) is 33.4 Å². The minimum absolute atomic E-state index is 0.412. The Kier molecular flexibility index (Phi) is 6.05. The van der Waals surface area contributed by atoms with Crippen LogP contribution in [0.25, 0.3) is 0 Å². The van der Waals surface area contributed by atoms with Crippen LogP contribution in [0, 0.1) is 0 Å². The molecule has 0 unspecified atom stereocenters. The Morgan fingerprint density at radius 1 is 1.05 bits per heavy atom. The van der Waals surface area contributed by atoms with Crippen molar-refractivity contribution in [2.75, 3.05) is 51.6 Å². The molecule has 3 rings (SSSR count). The Balaban J connectivity index is 1.45. The van der Waals surface area contributed by atoms with E-state index in [4.69, 9.17) is 0 Å². The first-order chi connectivity index (χ1) is 10.8. The molecule has 3 aliphatic rings. The van der Waals surface area contributed by atoms with E-state index in [1.54, 1.807) is 0 Å². The highest BCUT2D eigenvalue weighted by Crippen LogP contribution is 2.35. The van der Waals surface area contributed by atoms with Gasteiger partial charge in [-0.1, -0.05) is 19.8 Å². The number of thioether (sulfide) groups is 1. The lowest BCUT2D eigenvalue weighted by atomic mass is 9.93. The largest absolute Gasteiger partial charge is 0.338 e. The molecular weight excluding hydrogens is 294 g/mol. The van der Waals surface area contributed by atoms with Gasteiger partial charge in [0.1, 0.15) is 0 Å². The summed E-state index contributed by atoms with van der Waals surface area (Å²) in [5, 5.41) is 0.722. The molecule has 2 atom stereocenters. The van der Waals surface area contributed by atoms with E-state index in [1.807, 2.05) is 0 Å². The number of fused-ring (bicyclic) bond motifs is 1. The molecular formula is C17H31N3OS. The fraction of sp³-hybridized carbons (Fsp3) is 0.941. The molecule has 2 heterocycles. The second kappa shape index (κ2) is 8.02. The monoisotopic (exact) mass is 325 g/mol. The molecule has 2 aliphatic heterocycles.